The Morgan fingerprint density at radius 2 is 1.00 bits per heavy atom. The topological polar surface area (TPSA) is 89.6 Å². The van der Waals surface area contributed by atoms with Gasteiger partial charge in [0.2, 0.25) is 0 Å². The number of ether oxygens (including phenoxy) is 2. The van der Waals surface area contributed by atoms with E-state index in [-0.39, 0.29) is 12.2 Å². The van der Waals surface area contributed by atoms with Crippen LogP contribution in [0.4, 0.5) is 0 Å². The first kappa shape index (κ1) is 20.8. The minimum absolute atomic E-state index is 0.316. The van der Waals surface area contributed by atoms with Crippen molar-refractivity contribution in [2.24, 2.45) is 0 Å². The predicted octanol–water partition coefficient (Wildman–Crippen LogP) is 0.472. The van der Waals surface area contributed by atoms with Crippen molar-refractivity contribution in [3.63, 3.8) is 0 Å². The second-order valence-electron chi connectivity index (χ2n) is 5.88. The molecule has 2 aliphatic rings. The van der Waals surface area contributed by atoms with Crippen LogP contribution in [0.2, 0.25) is 0 Å². The predicted molar refractivity (Wildman–Crippen MR) is 84.3 cm³/mol. The van der Waals surface area contributed by atoms with Gasteiger partial charge in [0.05, 0.1) is 36.6 Å². The highest BCUT2D eigenvalue weighted by Gasteiger charge is 2.28. The quantitative estimate of drug-likeness (QED) is 0.324. The molecule has 21 heavy (non-hydrogen) atoms. The molecular formula is C15H34N2O4. The summed E-state index contributed by atoms with van der Waals surface area (Å²) in [5, 5.41) is 23.6. The Balaban J connectivity index is 0.000000325. The van der Waals surface area contributed by atoms with Crippen molar-refractivity contribution in [3.8, 4) is 0 Å². The van der Waals surface area contributed by atoms with E-state index in [0.29, 0.717) is 44.2 Å². The third kappa shape index (κ3) is 16.0. The summed E-state index contributed by atoms with van der Waals surface area (Å²) in [4.78, 5) is 0. The lowest BCUT2D eigenvalue weighted by molar-refractivity contribution is 0.180. The van der Waals surface area contributed by atoms with Gasteiger partial charge in [0.15, 0.2) is 0 Å². The van der Waals surface area contributed by atoms with E-state index in [4.69, 9.17) is 19.7 Å². The molecule has 2 aliphatic heterocycles. The highest BCUT2D eigenvalue weighted by molar-refractivity contribution is 4.74. The molecule has 0 aromatic carbocycles. The molecule has 6 nitrogen and oxygen atoms in total. The van der Waals surface area contributed by atoms with E-state index in [1.54, 1.807) is 13.8 Å². The summed E-state index contributed by atoms with van der Waals surface area (Å²) in [6.45, 7) is 13.5. The van der Waals surface area contributed by atoms with Crippen LogP contribution in [0.5, 0.6) is 0 Å². The zero-order valence-corrected chi connectivity index (χ0v) is 14.3. The van der Waals surface area contributed by atoms with Gasteiger partial charge in [-0.25, -0.2) is 0 Å². The molecule has 128 valence electrons. The van der Waals surface area contributed by atoms with Gasteiger partial charge in [-0.05, 0) is 41.5 Å². The van der Waals surface area contributed by atoms with Crippen LogP contribution in [0.3, 0.4) is 0 Å². The first-order valence-corrected chi connectivity index (χ1v) is 7.82. The van der Waals surface area contributed by atoms with Crippen LogP contribution in [0.15, 0.2) is 0 Å². The molecule has 0 bridgehead atoms. The molecule has 6 unspecified atom stereocenters. The molecule has 4 N–H and O–H groups in total. The molecule has 2 rings (SSSR count). The minimum atomic E-state index is -0.316. The van der Waals surface area contributed by atoms with Crippen molar-refractivity contribution in [1.82, 2.24) is 10.6 Å². The number of hydrogen-bond donors (Lipinski definition) is 4. The standard InChI is InChI=1S/C7H18N2O2.2C4H8O/c1-6(10)3-8-5-9-4-7(2)11;2*1-3-4(2)5-3/h6-11H,3-5H2,1-2H3;2*3-4H,1-2H3. The number of hydrogen-bond acceptors (Lipinski definition) is 6. The number of nitrogens with one attached hydrogen (secondary N) is 2. The summed E-state index contributed by atoms with van der Waals surface area (Å²) in [6, 6.07) is 0. The van der Waals surface area contributed by atoms with Gasteiger partial charge in [-0.1, -0.05) is 0 Å². The van der Waals surface area contributed by atoms with Crippen LogP contribution in [-0.4, -0.2) is 66.6 Å². The average Bonchev–Trinajstić information content (AvgIpc) is 3.21. The van der Waals surface area contributed by atoms with Crippen LogP contribution in [0.1, 0.15) is 41.5 Å². The van der Waals surface area contributed by atoms with Crippen molar-refractivity contribution in [3.05, 3.63) is 0 Å². The highest BCUT2D eigenvalue weighted by Crippen LogP contribution is 2.18. The third-order valence-electron chi connectivity index (χ3n) is 3.16. The van der Waals surface area contributed by atoms with Gasteiger partial charge < -0.3 is 30.3 Å². The second-order valence-corrected chi connectivity index (χ2v) is 5.88. The molecule has 0 saturated carbocycles. The van der Waals surface area contributed by atoms with Crippen LogP contribution < -0.4 is 10.6 Å². The van der Waals surface area contributed by atoms with Crippen LogP contribution >= 0.6 is 0 Å². The van der Waals surface area contributed by atoms with E-state index >= 15 is 0 Å². The van der Waals surface area contributed by atoms with Gasteiger partial charge in [0, 0.05) is 19.8 Å². The number of aliphatic hydroxyl groups is 2. The van der Waals surface area contributed by atoms with Crippen LogP contribution in [-0.2, 0) is 9.47 Å². The first-order valence-electron chi connectivity index (χ1n) is 7.82. The number of rotatable bonds is 6. The first-order chi connectivity index (χ1) is 9.73. The fourth-order valence-corrected chi connectivity index (χ4v) is 1.24. The van der Waals surface area contributed by atoms with Crippen molar-refractivity contribution in [2.45, 2.75) is 78.2 Å². The van der Waals surface area contributed by atoms with Gasteiger partial charge in [-0.2, -0.15) is 0 Å². The SMILES string of the molecule is CC(O)CNCNCC(C)O.CC1OC1C.CC1OC1C. The molecule has 6 heteroatoms. The maximum Gasteiger partial charge on any atom is 0.0811 e. The average molecular weight is 306 g/mol. The Kier molecular flexibility index (Phi) is 11.2. The zero-order chi connectivity index (χ0) is 16.4. The van der Waals surface area contributed by atoms with Gasteiger partial charge in [0.25, 0.3) is 0 Å². The Labute approximate surface area is 129 Å². The van der Waals surface area contributed by atoms with E-state index in [9.17, 15) is 0 Å². The lowest BCUT2D eigenvalue weighted by Crippen LogP contribution is -2.36. The lowest BCUT2D eigenvalue weighted by Gasteiger charge is -2.09. The van der Waals surface area contributed by atoms with Crippen LogP contribution in [0.25, 0.3) is 0 Å². The molecule has 2 fully saturated rings. The molecule has 0 aliphatic carbocycles. The van der Waals surface area contributed by atoms with E-state index < -0.39 is 0 Å². The van der Waals surface area contributed by atoms with Crippen molar-refractivity contribution >= 4 is 0 Å². The van der Waals surface area contributed by atoms with Gasteiger partial charge in [0.1, 0.15) is 0 Å². The van der Waals surface area contributed by atoms with Crippen molar-refractivity contribution < 1.29 is 19.7 Å². The van der Waals surface area contributed by atoms with Crippen molar-refractivity contribution in [2.75, 3.05) is 19.8 Å². The molecule has 2 saturated heterocycles. The van der Waals surface area contributed by atoms with E-state index in [1.165, 1.54) is 0 Å². The fraction of sp³-hybridized carbons (Fsp3) is 1.00. The monoisotopic (exact) mass is 306 g/mol. The maximum atomic E-state index is 8.82. The summed E-state index contributed by atoms with van der Waals surface area (Å²) >= 11 is 0. The summed E-state index contributed by atoms with van der Waals surface area (Å²) < 4.78 is 9.83. The molecule has 2 heterocycles. The van der Waals surface area contributed by atoms with E-state index in [2.05, 4.69) is 38.3 Å². The number of epoxide rings is 2. The van der Waals surface area contributed by atoms with Gasteiger partial charge >= 0.3 is 0 Å². The Morgan fingerprint density at radius 3 is 1.14 bits per heavy atom. The summed E-state index contributed by atoms with van der Waals surface area (Å²) in [5.74, 6) is 0. The molecule has 6 atom stereocenters. The smallest absolute Gasteiger partial charge is 0.0811 e. The Hall–Kier alpha value is -0.240. The normalized spacial score (nSPS) is 32.0. The molecule has 0 aromatic rings. The summed E-state index contributed by atoms with van der Waals surface area (Å²) in [6.07, 6.45) is 1.57. The molecule has 0 radical (unpaired) electrons. The van der Waals surface area contributed by atoms with E-state index in [0.717, 1.165) is 0 Å². The largest absolute Gasteiger partial charge is 0.392 e. The Bertz CT molecular complexity index is 216. The zero-order valence-electron chi connectivity index (χ0n) is 14.3. The third-order valence-corrected chi connectivity index (χ3v) is 3.16. The van der Waals surface area contributed by atoms with Gasteiger partial charge in [-0.15, -0.1) is 0 Å². The van der Waals surface area contributed by atoms with Crippen LogP contribution in [0, 0.1) is 0 Å². The molecule has 0 spiro atoms. The fourth-order valence-electron chi connectivity index (χ4n) is 1.24. The molecular weight excluding hydrogens is 272 g/mol. The highest BCUT2D eigenvalue weighted by atomic mass is 16.6. The number of aliphatic hydroxyl groups excluding tert-OH is 2. The minimum Gasteiger partial charge on any atom is -0.392 e. The van der Waals surface area contributed by atoms with Crippen molar-refractivity contribution in [1.29, 1.82) is 0 Å². The van der Waals surface area contributed by atoms with Gasteiger partial charge in [-0.3, -0.25) is 0 Å². The maximum absolute atomic E-state index is 8.82. The Morgan fingerprint density at radius 1 is 0.762 bits per heavy atom. The lowest BCUT2D eigenvalue weighted by atomic mass is 10.4. The second kappa shape index (κ2) is 11.3. The molecule has 0 amide bonds. The summed E-state index contributed by atoms with van der Waals surface area (Å²) in [5.41, 5.74) is 0. The van der Waals surface area contributed by atoms with E-state index in [1.807, 2.05) is 0 Å². The summed E-state index contributed by atoms with van der Waals surface area (Å²) in [7, 11) is 0. The molecule has 0 aromatic heterocycles.